The number of rotatable bonds is 3. The fraction of sp³-hybridized carbons (Fsp3) is 0.625. The Morgan fingerprint density at radius 3 is 3.00 bits per heavy atom. The largest absolute Gasteiger partial charge is 0.385 e. The molecule has 3 heteroatoms. The van der Waals surface area contributed by atoms with Gasteiger partial charge in [-0.3, -0.25) is 0 Å². The summed E-state index contributed by atoms with van der Waals surface area (Å²) < 4.78 is 5.46. The summed E-state index contributed by atoms with van der Waals surface area (Å²) in [4.78, 5) is 0. The van der Waals surface area contributed by atoms with E-state index in [1.165, 1.54) is 29.7 Å². The summed E-state index contributed by atoms with van der Waals surface area (Å²) in [5, 5.41) is 7.26. The Morgan fingerprint density at radius 2 is 2.16 bits per heavy atom. The summed E-state index contributed by atoms with van der Waals surface area (Å²) in [5.41, 5.74) is 4.54. The number of hydrogen-bond donors (Lipinski definition) is 2. The Hall–Kier alpha value is -1.06. The molecule has 0 unspecified atom stereocenters. The average Bonchev–Trinajstić information content (AvgIpc) is 2.46. The topological polar surface area (TPSA) is 33.3 Å². The van der Waals surface area contributed by atoms with Crippen LogP contribution in [0.3, 0.4) is 0 Å². The first-order valence-electron chi connectivity index (χ1n) is 7.44. The lowest BCUT2D eigenvalue weighted by molar-refractivity contribution is 0.0446. The van der Waals surface area contributed by atoms with Crippen molar-refractivity contribution < 1.29 is 4.74 Å². The van der Waals surface area contributed by atoms with E-state index in [2.05, 4.69) is 35.8 Å². The van der Waals surface area contributed by atoms with E-state index in [0.717, 1.165) is 39.1 Å². The Balaban J connectivity index is 1.69. The third-order valence-electron chi connectivity index (χ3n) is 4.49. The van der Waals surface area contributed by atoms with Gasteiger partial charge in [-0.1, -0.05) is 12.1 Å². The summed E-state index contributed by atoms with van der Waals surface area (Å²) in [6.45, 7) is 6.18. The van der Waals surface area contributed by atoms with Crippen LogP contribution < -0.4 is 10.6 Å². The molecule has 3 nitrogen and oxygen atoms in total. The summed E-state index contributed by atoms with van der Waals surface area (Å²) in [6, 6.07) is 6.64. The van der Waals surface area contributed by atoms with Crippen molar-refractivity contribution in [3.8, 4) is 0 Å². The lowest BCUT2D eigenvalue weighted by Gasteiger charge is -2.35. The molecule has 0 atom stereocenters. The minimum Gasteiger partial charge on any atom is -0.385 e. The first-order valence-corrected chi connectivity index (χ1v) is 7.44. The maximum Gasteiger partial charge on any atom is 0.0483 e. The first kappa shape index (κ1) is 12.9. The number of ether oxygens (including phenoxy) is 1. The molecule has 1 aromatic carbocycles. The van der Waals surface area contributed by atoms with Crippen LogP contribution in [-0.4, -0.2) is 25.3 Å². The molecule has 19 heavy (non-hydrogen) atoms. The van der Waals surface area contributed by atoms with Gasteiger partial charge in [0, 0.05) is 37.5 Å². The molecule has 2 N–H and O–H groups in total. The van der Waals surface area contributed by atoms with Gasteiger partial charge in [-0.15, -0.1) is 0 Å². The molecule has 2 heterocycles. The molecule has 104 valence electrons. The molecule has 0 amide bonds. The molecule has 0 aromatic heterocycles. The fourth-order valence-electron chi connectivity index (χ4n) is 3.06. The number of fused-ring (bicyclic) bond motifs is 1. The van der Waals surface area contributed by atoms with Crippen LogP contribution in [0.15, 0.2) is 18.2 Å². The second kappa shape index (κ2) is 5.51. The van der Waals surface area contributed by atoms with E-state index < -0.39 is 0 Å². The molecular formula is C16H24N2O. The van der Waals surface area contributed by atoms with Crippen LogP contribution in [0.4, 0.5) is 5.69 Å². The Labute approximate surface area is 115 Å². The normalized spacial score (nSPS) is 21.5. The third kappa shape index (κ3) is 2.93. The van der Waals surface area contributed by atoms with Crippen LogP contribution in [0.5, 0.6) is 0 Å². The maximum absolute atomic E-state index is 5.46. The molecule has 0 bridgehead atoms. The van der Waals surface area contributed by atoms with Crippen LogP contribution in [-0.2, 0) is 17.7 Å². The minimum atomic E-state index is 0.239. The van der Waals surface area contributed by atoms with Gasteiger partial charge in [0.15, 0.2) is 0 Å². The first-order chi connectivity index (χ1) is 9.27. The number of benzene rings is 1. The zero-order valence-corrected chi connectivity index (χ0v) is 11.8. The zero-order chi connectivity index (χ0) is 13.1. The van der Waals surface area contributed by atoms with E-state index in [0.29, 0.717) is 0 Å². The summed E-state index contributed by atoms with van der Waals surface area (Å²) in [7, 11) is 0. The maximum atomic E-state index is 5.46. The highest BCUT2D eigenvalue weighted by Crippen LogP contribution is 2.26. The van der Waals surface area contributed by atoms with Crippen molar-refractivity contribution in [1.82, 2.24) is 5.32 Å². The minimum absolute atomic E-state index is 0.239. The second-order valence-electron chi connectivity index (χ2n) is 6.00. The molecule has 3 rings (SSSR count). The number of hydrogen-bond acceptors (Lipinski definition) is 3. The molecule has 1 fully saturated rings. The van der Waals surface area contributed by atoms with E-state index in [9.17, 15) is 0 Å². The van der Waals surface area contributed by atoms with Crippen LogP contribution in [0.2, 0.25) is 0 Å². The van der Waals surface area contributed by atoms with Gasteiger partial charge in [-0.05, 0) is 49.8 Å². The van der Waals surface area contributed by atoms with Crippen molar-refractivity contribution in [2.75, 3.05) is 25.1 Å². The van der Waals surface area contributed by atoms with Gasteiger partial charge in [-0.25, -0.2) is 0 Å². The van der Waals surface area contributed by atoms with Crippen molar-refractivity contribution in [2.24, 2.45) is 0 Å². The number of anilines is 1. The van der Waals surface area contributed by atoms with Gasteiger partial charge in [0.05, 0.1) is 0 Å². The van der Waals surface area contributed by atoms with Gasteiger partial charge in [0.1, 0.15) is 0 Å². The van der Waals surface area contributed by atoms with Crippen molar-refractivity contribution in [1.29, 1.82) is 0 Å². The molecule has 0 radical (unpaired) electrons. The lowest BCUT2D eigenvalue weighted by Crippen LogP contribution is -2.46. The Morgan fingerprint density at radius 1 is 1.32 bits per heavy atom. The highest BCUT2D eigenvalue weighted by atomic mass is 16.5. The quantitative estimate of drug-likeness (QED) is 0.876. The number of nitrogens with one attached hydrogen (secondary N) is 2. The van der Waals surface area contributed by atoms with E-state index in [1.54, 1.807) is 0 Å². The average molecular weight is 260 g/mol. The van der Waals surface area contributed by atoms with Crippen LogP contribution >= 0.6 is 0 Å². The molecule has 2 aliphatic rings. The van der Waals surface area contributed by atoms with E-state index in [1.807, 2.05) is 0 Å². The van der Waals surface area contributed by atoms with E-state index >= 15 is 0 Å². The van der Waals surface area contributed by atoms with Crippen molar-refractivity contribution in [3.05, 3.63) is 29.3 Å². The molecule has 2 aliphatic heterocycles. The molecule has 1 aromatic rings. The molecule has 1 saturated heterocycles. The molecule has 0 aliphatic carbocycles. The van der Waals surface area contributed by atoms with Crippen LogP contribution in [0.1, 0.15) is 37.3 Å². The zero-order valence-electron chi connectivity index (χ0n) is 11.8. The van der Waals surface area contributed by atoms with E-state index in [4.69, 9.17) is 4.74 Å². The van der Waals surface area contributed by atoms with Crippen LogP contribution in [0.25, 0.3) is 0 Å². The second-order valence-corrected chi connectivity index (χ2v) is 6.00. The van der Waals surface area contributed by atoms with Gasteiger partial charge >= 0.3 is 0 Å². The Bertz CT molecular complexity index is 438. The fourth-order valence-corrected chi connectivity index (χ4v) is 3.06. The summed E-state index contributed by atoms with van der Waals surface area (Å²) in [5.74, 6) is 0. The summed E-state index contributed by atoms with van der Waals surface area (Å²) >= 11 is 0. The highest BCUT2D eigenvalue weighted by molar-refractivity contribution is 5.56. The standard InChI is InChI=1S/C16H24N2O/c1-16(7-10-19-11-8-16)18-12-13-4-2-6-15-14(13)5-3-9-17-15/h2,4,6,17-18H,3,5,7-12H2,1H3. The highest BCUT2D eigenvalue weighted by Gasteiger charge is 2.26. The monoisotopic (exact) mass is 260 g/mol. The predicted octanol–water partition coefficient (Wildman–Crippen LogP) is 2.70. The molecular weight excluding hydrogens is 236 g/mol. The van der Waals surface area contributed by atoms with Crippen molar-refractivity contribution in [2.45, 2.75) is 44.7 Å². The molecule has 0 saturated carbocycles. The van der Waals surface area contributed by atoms with Gasteiger partial charge in [0.2, 0.25) is 0 Å². The SMILES string of the molecule is CC1(NCc2cccc3c2CCCN3)CCOCC1. The summed E-state index contributed by atoms with van der Waals surface area (Å²) in [6.07, 6.45) is 4.68. The van der Waals surface area contributed by atoms with Crippen LogP contribution in [0, 0.1) is 0 Å². The predicted molar refractivity (Wildman–Crippen MR) is 78.6 cm³/mol. The van der Waals surface area contributed by atoms with Gasteiger partial charge < -0.3 is 15.4 Å². The van der Waals surface area contributed by atoms with Gasteiger partial charge in [0.25, 0.3) is 0 Å². The van der Waals surface area contributed by atoms with Crippen molar-refractivity contribution in [3.63, 3.8) is 0 Å². The van der Waals surface area contributed by atoms with Gasteiger partial charge in [-0.2, -0.15) is 0 Å². The third-order valence-corrected chi connectivity index (χ3v) is 4.49. The smallest absolute Gasteiger partial charge is 0.0483 e. The Kier molecular flexibility index (Phi) is 3.76. The van der Waals surface area contributed by atoms with Crippen molar-refractivity contribution >= 4 is 5.69 Å². The lowest BCUT2D eigenvalue weighted by atomic mass is 9.91. The van der Waals surface area contributed by atoms with E-state index in [-0.39, 0.29) is 5.54 Å². The molecule has 0 spiro atoms.